The van der Waals surface area contributed by atoms with Gasteiger partial charge in [-0.3, -0.25) is 19.0 Å². The smallest absolute Gasteiger partial charge is 0.269 e. The largest absolute Gasteiger partial charge is 0.341 e. The van der Waals surface area contributed by atoms with Gasteiger partial charge in [0, 0.05) is 29.5 Å². The number of ketones is 1. The van der Waals surface area contributed by atoms with Crippen molar-refractivity contribution < 1.29 is 9.59 Å². The van der Waals surface area contributed by atoms with Crippen LogP contribution in [0, 0.1) is 17.3 Å². The van der Waals surface area contributed by atoms with Crippen molar-refractivity contribution >= 4 is 46.5 Å². The quantitative estimate of drug-likeness (QED) is 0.726. The SMILES string of the molecule is CC1CC(C)CN(C(=O)Cn2c(=O)/c(=C\c3cccs3)s/c2=C\C(=O)C(C)(C)C)C1. The Kier molecular flexibility index (Phi) is 6.82. The minimum atomic E-state index is -0.551. The third-order valence-electron chi connectivity index (χ3n) is 5.26. The summed E-state index contributed by atoms with van der Waals surface area (Å²) >= 11 is 2.82. The second-order valence-corrected chi connectivity index (χ2v) is 11.4. The van der Waals surface area contributed by atoms with Crippen molar-refractivity contribution in [2.75, 3.05) is 13.1 Å². The van der Waals surface area contributed by atoms with Crippen molar-refractivity contribution in [3.8, 4) is 0 Å². The maximum absolute atomic E-state index is 13.1. The molecule has 0 saturated carbocycles. The molecule has 0 spiro atoms. The lowest BCUT2D eigenvalue weighted by Gasteiger charge is -2.35. The number of Topliss-reactive ketones (excluding diaryl/α,β-unsaturated/α-hetero) is 1. The molecule has 5 nitrogen and oxygen atoms in total. The molecular weight excluding hydrogens is 416 g/mol. The summed E-state index contributed by atoms with van der Waals surface area (Å²) in [7, 11) is 0. The molecule has 162 valence electrons. The van der Waals surface area contributed by atoms with Gasteiger partial charge in [-0.2, -0.15) is 0 Å². The van der Waals surface area contributed by atoms with Gasteiger partial charge < -0.3 is 4.90 Å². The number of hydrogen-bond donors (Lipinski definition) is 0. The van der Waals surface area contributed by atoms with E-state index in [9.17, 15) is 14.4 Å². The number of likely N-dealkylation sites (tertiary alicyclic amines) is 1. The molecule has 2 aromatic heterocycles. The first-order chi connectivity index (χ1) is 14.0. The number of nitrogens with zero attached hydrogens (tertiary/aromatic N) is 2. The molecule has 0 bridgehead atoms. The molecular formula is C23H30N2O3S2. The number of rotatable bonds is 4. The Hall–Kier alpha value is -1.99. The Morgan fingerprint density at radius 1 is 1.20 bits per heavy atom. The molecule has 1 amide bonds. The minimum Gasteiger partial charge on any atom is -0.341 e. The molecule has 1 aliphatic rings. The number of amides is 1. The molecule has 0 radical (unpaired) electrons. The van der Waals surface area contributed by atoms with Crippen LogP contribution >= 0.6 is 22.7 Å². The molecule has 3 heterocycles. The zero-order valence-corrected chi connectivity index (χ0v) is 19.9. The lowest BCUT2D eigenvalue weighted by atomic mass is 9.91. The average molecular weight is 447 g/mol. The van der Waals surface area contributed by atoms with E-state index < -0.39 is 5.41 Å². The normalized spacial score (nSPS) is 21.3. The van der Waals surface area contributed by atoms with E-state index in [4.69, 9.17) is 0 Å². The highest BCUT2D eigenvalue weighted by Crippen LogP contribution is 2.21. The van der Waals surface area contributed by atoms with Gasteiger partial charge in [-0.25, -0.2) is 0 Å². The van der Waals surface area contributed by atoms with E-state index in [1.165, 1.54) is 22.0 Å². The van der Waals surface area contributed by atoms with Crippen molar-refractivity contribution in [1.29, 1.82) is 0 Å². The molecule has 0 aliphatic carbocycles. The minimum absolute atomic E-state index is 0.0314. The van der Waals surface area contributed by atoms with E-state index in [0.717, 1.165) is 24.4 Å². The van der Waals surface area contributed by atoms with Gasteiger partial charge in [-0.1, -0.05) is 40.7 Å². The van der Waals surface area contributed by atoms with Crippen molar-refractivity contribution in [1.82, 2.24) is 9.47 Å². The second kappa shape index (κ2) is 9.02. The van der Waals surface area contributed by atoms with Crippen LogP contribution in [0.1, 0.15) is 45.9 Å². The summed E-state index contributed by atoms with van der Waals surface area (Å²) < 4.78 is 2.55. The van der Waals surface area contributed by atoms with Crippen LogP contribution in [0.25, 0.3) is 12.2 Å². The van der Waals surface area contributed by atoms with Crippen molar-refractivity contribution in [2.45, 2.75) is 47.6 Å². The second-order valence-electron chi connectivity index (χ2n) is 9.36. The number of aromatic nitrogens is 1. The number of piperidine rings is 1. The van der Waals surface area contributed by atoms with Gasteiger partial charge in [0.15, 0.2) is 5.78 Å². The highest BCUT2D eigenvalue weighted by atomic mass is 32.1. The summed E-state index contributed by atoms with van der Waals surface area (Å²) in [6.07, 6.45) is 4.47. The first kappa shape index (κ1) is 22.7. The Morgan fingerprint density at radius 2 is 1.87 bits per heavy atom. The van der Waals surface area contributed by atoms with Gasteiger partial charge >= 0.3 is 0 Å². The summed E-state index contributed by atoms with van der Waals surface area (Å²) in [5.74, 6) is 0.780. The van der Waals surface area contributed by atoms with E-state index in [1.54, 1.807) is 11.3 Å². The van der Waals surface area contributed by atoms with Gasteiger partial charge in [0.05, 0.1) is 4.53 Å². The van der Waals surface area contributed by atoms with Crippen LogP contribution < -0.4 is 14.8 Å². The number of thiazole rings is 1. The van der Waals surface area contributed by atoms with Crippen molar-refractivity contribution in [2.24, 2.45) is 17.3 Å². The fraction of sp³-hybridized carbons (Fsp3) is 0.522. The highest BCUT2D eigenvalue weighted by molar-refractivity contribution is 7.11. The summed E-state index contributed by atoms with van der Waals surface area (Å²) in [6, 6.07) is 3.88. The molecule has 0 N–H and O–H groups in total. The fourth-order valence-electron chi connectivity index (χ4n) is 3.73. The molecule has 2 unspecified atom stereocenters. The molecule has 2 aromatic rings. The first-order valence-corrected chi connectivity index (χ1v) is 12.0. The zero-order valence-electron chi connectivity index (χ0n) is 18.3. The molecule has 1 aliphatic heterocycles. The van der Waals surface area contributed by atoms with E-state index >= 15 is 0 Å². The summed E-state index contributed by atoms with van der Waals surface area (Å²) in [5.41, 5.74) is -0.766. The summed E-state index contributed by atoms with van der Waals surface area (Å²) in [6.45, 7) is 11.3. The van der Waals surface area contributed by atoms with Crippen LogP contribution in [0.3, 0.4) is 0 Å². The highest BCUT2D eigenvalue weighted by Gasteiger charge is 2.26. The third-order valence-corrected chi connectivity index (χ3v) is 7.14. The molecule has 2 atom stereocenters. The molecule has 30 heavy (non-hydrogen) atoms. The van der Waals surface area contributed by atoms with Crippen molar-refractivity contribution in [3.63, 3.8) is 0 Å². The van der Waals surface area contributed by atoms with Gasteiger partial charge in [-0.15, -0.1) is 22.7 Å². The lowest BCUT2D eigenvalue weighted by molar-refractivity contribution is -0.134. The van der Waals surface area contributed by atoms with Crippen LogP contribution in [0.5, 0.6) is 0 Å². The number of carbonyl (C=O) groups is 2. The Bertz CT molecular complexity index is 1080. The first-order valence-electron chi connectivity index (χ1n) is 10.3. The standard InChI is InChI=1S/C23H30N2O3S2/c1-15-9-16(2)13-24(12-15)20(27)14-25-21(11-19(26)23(3,4)5)30-18(22(25)28)10-17-7-6-8-29-17/h6-8,10-11,15-16H,9,12-14H2,1-5H3/b18-10+,21-11-. The Balaban J connectivity index is 2.02. The fourth-order valence-corrected chi connectivity index (χ4v) is 5.49. The van der Waals surface area contributed by atoms with Crippen LogP contribution in [-0.2, 0) is 16.1 Å². The van der Waals surface area contributed by atoms with Crippen molar-refractivity contribution in [3.05, 3.63) is 41.9 Å². The Morgan fingerprint density at radius 3 is 2.43 bits per heavy atom. The van der Waals surface area contributed by atoms with Gasteiger partial charge in [-0.05, 0) is 35.8 Å². The van der Waals surface area contributed by atoms with Gasteiger partial charge in [0.2, 0.25) is 5.91 Å². The molecule has 3 rings (SSSR count). The molecule has 0 aromatic carbocycles. The third kappa shape index (κ3) is 5.38. The summed E-state index contributed by atoms with van der Waals surface area (Å²) in [4.78, 5) is 41.6. The number of hydrogen-bond acceptors (Lipinski definition) is 5. The van der Waals surface area contributed by atoms with Crippen LogP contribution in [0.4, 0.5) is 0 Å². The van der Waals surface area contributed by atoms with Crippen LogP contribution in [0.2, 0.25) is 0 Å². The van der Waals surface area contributed by atoms with E-state index in [1.807, 2.05) is 49.3 Å². The predicted molar refractivity (Wildman–Crippen MR) is 124 cm³/mol. The van der Waals surface area contributed by atoms with E-state index in [-0.39, 0.29) is 23.8 Å². The maximum atomic E-state index is 13.1. The maximum Gasteiger partial charge on any atom is 0.269 e. The molecule has 1 saturated heterocycles. The van der Waals surface area contributed by atoms with Gasteiger partial charge in [0.25, 0.3) is 5.56 Å². The topological polar surface area (TPSA) is 59.4 Å². The predicted octanol–water partition coefficient (Wildman–Crippen LogP) is 2.70. The number of thiophene rings is 1. The van der Waals surface area contributed by atoms with E-state index in [0.29, 0.717) is 21.0 Å². The molecule has 7 heteroatoms. The lowest BCUT2D eigenvalue weighted by Crippen LogP contribution is -2.46. The Labute approximate surface area is 185 Å². The van der Waals surface area contributed by atoms with Crippen LogP contribution in [0.15, 0.2) is 22.3 Å². The van der Waals surface area contributed by atoms with E-state index in [2.05, 4.69) is 13.8 Å². The van der Waals surface area contributed by atoms with Gasteiger partial charge in [0.1, 0.15) is 11.2 Å². The average Bonchev–Trinajstić information content (AvgIpc) is 3.24. The summed E-state index contributed by atoms with van der Waals surface area (Å²) in [5, 5.41) is 1.95. The monoisotopic (exact) mass is 446 g/mol. The molecule has 1 fully saturated rings. The zero-order chi connectivity index (χ0) is 22.1. The number of carbonyl (C=O) groups excluding carboxylic acids is 2. The van der Waals surface area contributed by atoms with Crippen LogP contribution in [-0.4, -0.2) is 34.2 Å².